The van der Waals surface area contributed by atoms with Gasteiger partial charge in [0.25, 0.3) is 5.91 Å². The van der Waals surface area contributed by atoms with E-state index < -0.39 is 0 Å². The summed E-state index contributed by atoms with van der Waals surface area (Å²) in [6.45, 7) is 7.42. The first-order valence-corrected chi connectivity index (χ1v) is 10.7. The number of carbonyl (C=O) groups is 1. The number of aromatic nitrogens is 2. The Hall–Kier alpha value is -3.79. The molecule has 0 bridgehead atoms. The number of hydrogen-bond acceptors (Lipinski definition) is 5. The van der Waals surface area contributed by atoms with Gasteiger partial charge in [0.05, 0.1) is 23.2 Å². The second-order valence-corrected chi connectivity index (χ2v) is 7.15. The van der Waals surface area contributed by atoms with Crippen LogP contribution in [0.5, 0.6) is 11.5 Å². The molecule has 0 fully saturated rings. The maximum absolute atomic E-state index is 12.3. The molecular formula is C25H28N4O3. The van der Waals surface area contributed by atoms with E-state index in [0.717, 1.165) is 16.6 Å². The van der Waals surface area contributed by atoms with Crippen molar-refractivity contribution >= 4 is 28.6 Å². The second-order valence-electron chi connectivity index (χ2n) is 7.15. The minimum Gasteiger partial charge on any atom is -0.490 e. The summed E-state index contributed by atoms with van der Waals surface area (Å²) in [7, 11) is 1.89. The lowest BCUT2D eigenvalue weighted by Crippen LogP contribution is -2.34. The van der Waals surface area contributed by atoms with E-state index >= 15 is 0 Å². The zero-order valence-electron chi connectivity index (χ0n) is 19.0. The van der Waals surface area contributed by atoms with Crippen LogP contribution in [-0.2, 0) is 11.8 Å². The predicted molar refractivity (Wildman–Crippen MR) is 125 cm³/mol. The van der Waals surface area contributed by atoms with Gasteiger partial charge in [-0.1, -0.05) is 18.2 Å². The summed E-state index contributed by atoms with van der Waals surface area (Å²) < 4.78 is 13.4. The van der Waals surface area contributed by atoms with Crippen LogP contribution in [0.2, 0.25) is 0 Å². The van der Waals surface area contributed by atoms with Crippen LogP contribution >= 0.6 is 0 Å². The van der Waals surface area contributed by atoms with E-state index in [9.17, 15) is 10.1 Å². The van der Waals surface area contributed by atoms with Gasteiger partial charge >= 0.3 is 0 Å². The first-order chi connectivity index (χ1) is 15.5. The van der Waals surface area contributed by atoms with Gasteiger partial charge in [0, 0.05) is 20.1 Å². The van der Waals surface area contributed by atoms with Crippen LogP contribution in [0, 0.1) is 11.3 Å². The van der Waals surface area contributed by atoms with Gasteiger partial charge in [0.15, 0.2) is 23.9 Å². The molecule has 1 heterocycles. The summed E-state index contributed by atoms with van der Waals surface area (Å²) >= 11 is 0. The molecule has 0 spiro atoms. The fourth-order valence-electron chi connectivity index (χ4n) is 3.51. The molecule has 7 heteroatoms. The Labute approximate surface area is 188 Å². The minimum atomic E-state index is -0.0740. The molecule has 0 aliphatic rings. The Morgan fingerprint density at radius 1 is 1.12 bits per heavy atom. The van der Waals surface area contributed by atoms with Crippen molar-refractivity contribution in [1.29, 1.82) is 5.26 Å². The Bertz CT molecular complexity index is 1170. The molecule has 0 saturated carbocycles. The van der Waals surface area contributed by atoms with Gasteiger partial charge in [-0.25, -0.2) is 4.98 Å². The number of para-hydroxylation sites is 2. The van der Waals surface area contributed by atoms with Crippen LogP contribution in [0.4, 0.5) is 0 Å². The Kier molecular flexibility index (Phi) is 7.50. The molecule has 1 amide bonds. The number of likely N-dealkylation sites (N-methyl/N-ethyl adjacent to an activating group) is 1. The quantitative estimate of drug-likeness (QED) is 0.472. The number of ether oxygens (including phenoxy) is 2. The Morgan fingerprint density at radius 3 is 2.53 bits per heavy atom. The second kappa shape index (κ2) is 10.5. The first-order valence-electron chi connectivity index (χ1n) is 10.7. The van der Waals surface area contributed by atoms with Gasteiger partial charge in [-0.3, -0.25) is 4.79 Å². The molecule has 0 aliphatic heterocycles. The highest BCUT2D eigenvalue weighted by Gasteiger charge is 2.15. The van der Waals surface area contributed by atoms with Crippen molar-refractivity contribution in [3.8, 4) is 17.6 Å². The molecule has 0 atom stereocenters. The summed E-state index contributed by atoms with van der Waals surface area (Å²) in [5.74, 6) is 1.54. The third-order valence-corrected chi connectivity index (χ3v) is 5.19. The Morgan fingerprint density at radius 2 is 1.88 bits per heavy atom. The fourth-order valence-corrected chi connectivity index (χ4v) is 3.51. The van der Waals surface area contributed by atoms with Crippen LogP contribution in [0.3, 0.4) is 0 Å². The van der Waals surface area contributed by atoms with Gasteiger partial charge in [-0.15, -0.1) is 0 Å². The van der Waals surface area contributed by atoms with Crippen LogP contribution in [-0.4, -0.2) is 46.7 Å². The lowest BCUT2D eigenvalue weighted by Gasteiger charge is -2.19. The van der Waals surface area contributed by atoms with E-state index in [1.807, 2.05) is 62.7 Å². The number of aryl methyl sites for hydroxylation is 1. The number of imidazole rings is 1. The van der Waals surface area contributed by atoms with Gasteiger partial charge < -0.3 is 18.9 Å². The highest BCUT2D eigenvalue weighted by atomic mass is 16.5. The largest absolute Gasteiger partial charge is 0.490 e. The first kappa shape index (κ1) is 22.9. The Balaban J connectivity index is 1.89. The van der Waals surface area contributed by atoms with Crippen molar-refractivity contribution < 1.29 is 14.3 Å². The highest BCUT2D eigenvalue weighted by Crippen LogP contribution is 2.30. The molecule has 7 nitrogen and oxygen atoms in total. The molecule has 166 valence electrons. The van der Waals surface area contributed by atoms with E-state index in [-0.39, 0.29) is 12.5 Å². The third-order valence-electron chi connectivity index (χ3n) is 5.19. The number of allylic oxidation sites excluding steroid dienone is 1. The molecule has 0 N–H and O–H groups in total. The number of benzene rings is 2. The molecule has 2 aromatic carbocycles. The van der Waals surface area contributed by atoms with Gasteiger partial charge in [-0.05, 0) is 56.7 Å². The SMILES string of the molecule is CCOc1cc(/C=C(/C#N)c2nc3ccccc3n2C)ccc1OCC(=O)N(CC)CC. The zero-order chi connectivity index (χ0) is 23.1. The van der Waals surface area contributed by atoms with Gasteiger partial charge in [-0.2, -0.15) is 5.26 Å². The highest BCUT2D eigenvalue weighted by molar-refractivity contribution is 5.91. The minimum absolute atomic E-state index is 0.0553. The maximum atomic E-state index is 12.3. The molecule has 1 aromatic heterocycles. The molecular weight excluding hydrogens is 404 g/mol. The predicted octanol–water partition coefficient (Wildman–Crippen LogP) is 4.28. The van der Waals surface area contributed by atoms with Crippen molar-refractivity contribution in [3.05, 3.63) is 53.9 Å². The molecule has 0 radical (unpaired) electrons. The van der Waals surface area contributed by atoms with Crippen LogP contribution in [0.1, 0.15) is 32.2 Å². The summed E-state index contributed by atoms with van der Waals surface area (Å²) in [5, 5.41) is 9.79. The van der Waals surface area contributed by atoms with E-state index in [1.54, 1.807) is 23.1 Å². The van der Waals surface area contributed by atoms with Crippen LogP contribution in [0.15, 0.2) is 42.5 Å². The molecule has 0 aliphatic carbocycles. The number of rotatable bonds is 9. The monoisotopic (exact) mass is 432 g/mol. The number of amides is 1. The van der Waals surface area contributed by atoms with Crippen molar-refractivity contribution in [2.75, 3.05) is 26.3 Å². The van der Waals surface area contributed by atoms with E-state index in [2.05, 4.69) is 11.1 Å². The van der Waals surface area contributed by atoms with Crippen molar-refractivity contribution in [1.82, 2.24) is 14.5 Å². The van der Waals surface area contributed by atoms with Crippen molar-refractivity contribution in [2.24, 2.45) is 7.05 Å². The number of carbonyl (C=O) groups excluding carboxylic acids is 1. The fraction of sp³-hybridized carbons (Fsp3) is 0.320. The van der Waals surface area contributed by atoms with E-state index in [1.165, 1.54) is 0 Å². The van der Waals surface area contributed by atoms with Gasteiger partial charge in [0.1, 0.15) is 6.07 Å². The normalized spacial score (nSPS) is 11.3. The lowest BCUT2D eigenvalue weighted by molar-refractivity contribution is -0.132. The topological polar surface area (TPSA) is 80.4 Å². The third kappa shape index (κ3) is 4.92. The van der Waals surface area contributed by atoms with E-state index in [4.69, 9.17) is 9.47 Å². The summed E-state index contributed by atoms with van der Waals surface area (Å²) in [6.07, 6.45) is 1.77. The zero-order valence-corrected chi connectivity index (χ0v) is 19.0. The number of fused-ring (bicyclic) bond motifs is 1. The van der Waals surface area contributed by atoms with Crippen molar-refractivity contribution in [2.45, 2.75) is 20.8 Å². The summed E-state index contributed by atoms with van der Waals surface area (Å²) in [4.78, 5) is 18.6. The molecule has 0 unspecified atom stereocenters. The summed E-state index contributed by atoms with van der Waals surface area (Å²) in [6, 6.07) is 15.4. The molecule has 3 aromatic rings. The molecule has 3 rings (SSSR count). The van der Waals surface area contributed by atoms with Crippen molar-refractivity contribution in [3.63, 3.8) is 0 Å². The smallest absolute Gasteiger partial charge is 0.260 e. The summed E-state index contributed by atoms with van der Waals surface area (Å²) in [5.41, 5.74) is 3.01. The maximum Gasteiger partial charge on any atom is 0.260 e. The van der Waals surface area contributed by atoms with Crippen LogP contribution < -0.4 is 9.47 Å². The molecule has 32 heavy (non-hydrogen) atoms. The standard InChI is InChI=1S/C25H28N4O3/c1-5-29(6-2)24(30)17-32-22-13-12-18(15-23(22)31-7-3)14-19(16-26)25-27-20-10-8-9-11-21(20)28(25)4/h8-15H,5-7,17H2,1-4H3/b19-14-. The van der Waals surface area contributed by atoms with E-state index in [0.29, 0.717) is 42.6 Å². The lowest BCUT2D eigenvalue weighted by atomic mass is 10.1. The number of hydrogen-bond donors (Lipinski definition) is 0. The number of nitriles is 1. The average molecular weight is 433 g/mol. The molecule has 0 saturated heterocycles. The van der Waals surface area contributed by atoms with Gasteiger partial charge in [0.2, 0.25) is 0 Å². The average Bonchev–Trinajstić information content (AvgIpc) is 3.14. The number of nitrogens with zero attached hydrogens (tertiary/aromatic N) is 4. The van der Waals surface area contributed by atoms with Crippen LogP contribution in [0.25, 0.3) is 22.7 Å².